The Kier molecular flexibility index (Phi) is 4.13. The van der Waals surface area contributed by atoms with Gasteiger partial charge >= 0.3 is 0 Å². The van der Waals surface area contributed by atoms with Gasteiger partial charge in [0.15, 0.2) is 0 Å². The smallest absolute Gasteiger partial charge is 0.220 e. The Morgan fingerprint density at radius 2 is 1.88 bits per heavy atom. The summed E-state index contributed by atoms with van der Waals surface area (Å²) in [4.78, 5) is 11.7. The normalized spacial score (nSPS) is 16.1. The largest absolute Gasteiger partial charge is 0.353 e. The summed E-state index contributed by atoms with van der Waals surface area (Å²) in [5.41, 5.74) is 1.01. The van der Waals surface area contributed by atoms with Crippen LogP contribution in [0.15, 0.2) is 24.3 Å². The van der Waals surface area contributed by atoms with Crippen molar-refractivity contribution in [3.05, 3.63) is 35.6 Å². The second kappa shape index (κ2) is 5.80. The molecule has 1 aromatic rings. The van der Waals surface area contributed by atoms with Crippen molar-refractivity contribution in [2.45, 2.75) is 44.6 Å². The van der Waals surface area contributed by atoms with Crippen molar-refractivity contribution < 1.29 is 9.18 Å². The van der Waals surface area contributed by atoms with E-state index in [0.717, 1.165) is 18.4 Å². The number of hydrogen-bond acceptors (Lipinski definition) is 1. The van der Waals surface area contributed by atoms with Crippen molar-refractivity contribution in [1.29, 1.82) is 0 Å². The Morgan fingerprint density at radius 3 is 2.53 bits per heavy atom. The third-order valence-electron chi connectivity index (χ3n) is 3.27. The molecule has 2 nitrogen and oxygen atoms in total. The maximum absolute atomic E-state index is 12.7. The van der Waals surface area contributed by atoms with Crippen LogP contribution in [0, 0.1) is 5.82 Å². The minimum Gasteiger partial charge on any atom is -0.353 e. The molecule has 1 saturated carbocycles. The van der Waals surface area contributed by atoms with Crippen LogP contribution in [0.5, 0.6) is 0 Å². The molecule has 92 valence electrons. The van der Waals surface area contributed by atoms with E-state index in [4.69, 9.17) is 0 Å². The van der Waals surface area contributed by atoms with Gasteiger partial charge in [-0.3, -0.25) is 4.79 Å². The first-order valence-corrected chi connectivity index (χ1v) is 6.28. The van der Waals surface area contributed by atoms with Crippen LogP contribution < -0.4 is 5.32 Å². The number of amides is 1. The number of carbonyl (C=O) groups excluding carboxylic acids is 1. The number of rotatable bonds is 4. The molecule has 0 bridgehead atoms. The molecule has 1 N–H and O–H groups in total. The monoisotopic (exact) mass is 235 g/mol. The summed E-state index contributed by atoms with van der Waals surface area (Å²) >= 11 is 0. The van der Waals surface area contributed by atoms with Crippen molar-refractivity contribution >= 4 is 5.91 Å². The molecule has 2 rings (SSSR count). The zero-order valence-corrected chi connectivity index (χ0v) is 9.92. The summed E-state index contributed by atoms with van der Waals surface area (Å²) in [7, 11) is 0. The number of nitrogens with one attached hydrogen (secondary N) is 1. The fourth-order valence-corrected chi connectivity index (χ4v) is 2.28. The fourth-order valence-electron chi connectivity index (χ4n) is 2.28. The maximum Gasteiger partial charge on any atom is 0.220 e. The molecule has 0 radical (unpaired) electrons. The van der Waals surface area contributed by atoms with Crippen LogP contribution in [0.25, 0.3) is 0 Å². The lowest BCUT2D eigenvalue weighted by Gasteiger charge is -2.11. The van der Waals surface area contributed by atoms with Gasteiger partial charge in [0.05, 0.1) is 0 Å². The third-order valence-corrected chi connectivity index (χ3v) is 3.27. The van der Waals surface area contributed by atoms with E-state index in [-0.39, 0.29) is 11.7 Å². The molecule has 0 spiro atoms. The van der Waals surface area contributed by atoms with E-state index in [2.05, 4.69) is 5.32 Å². The Bertz CT molecular complexity index is 368. The van der Waals surface area contributed by atoms with E-state index in [1.54, 1.807) is 12.1 Å². The molecule has 3 heteroatoms. The lowest BCUT2D eigenvalue weighted by molar-refractivity contribution is -0.121. The first kappa shape index (κ1) is 12.1. The van der Waals surface area contributed by atoms with Gasteiger partial charge in [0.1, 0.15) is 5.82 Å². The van der Waals surface area contributed by atoms with Gasteiger partial charge in [0.25, 0.3) is 0 Å². The number of aryl methyl sites for hydroxylation is 1. The second-order valence-corrected chi connectivity index (χ2v) is 4.68. The molecule has 1 aromatic carbocycles. The van der Waals surface area contributed by atoms with E-state index in [1.807, 2.05) is 0 Å². The summed E-state index contributed by atoms with van der Waals surface area (Å²) in [5.74, 6) is -0.120. The van der Waals surface area contributed by atoms with Crippen LogP contribution in [-0.2, 0) is 11.2 Å². The molecular formula is C14H18FNO. The van der Waals surface area contributed by atoms with Crippen LogP contribution in [0.1, 0.15) is 37.7 Å². The van der Waals surface area contributed by atoms with Crippen molar-refractivity contribution in [3.63, 3.8) is 0 Å². The minimum absolute atomic E-state index is 0.112. The van der Waals surface area contributed by atoms with Crippen molar-refractivity contribution in [1.82, 2.24) is 5.32 Å². The Morgan fingerprint density at radius 1 is 1.24 bits per heavy atom. The molecule has 0 heterocycles. The predicted octanol–water partition coefficient (Wildman–Crippen LogP) is 2.82. The van der Waals surface area contributed by atoms with E-state index in [1.165, 1.54) is 25.0 Å². The molecule has 0 aromatic heterocycles. The second-order valence-electron chi connectivity index (χ2n) is 4.68. The molecule has 1 amide bonds. The van der Waals surface area contributed by atoms with Gasteiger partial charge in [-0.25, -0.2) is 4.39 Å². The number of carbonyl (C=O) groups is 1. The van der Waals surface area contributed by atoms with E-state index in [0.29, 0.717) is 18.9 Å². The molecule has 1 fully saturated rings. The summed E-state index contributed by atoms with van der Waals surface area (Å²) in [5, 5.41) is 3.05. The predicted molar refractivity (Wildman–Crippen MR) is 65.1 cm³/mol. The molecule has 0 atom stereocenters. The highest BCUT2D eigenvalue weighted by molar-refractivity contribution is 5.76. The number of halogens is 1. The van der Waals surface area contributed by atoms with Gasteiger partial charge in [0, 0.05) is 12.5 Å². The highest BCUT2D eigenvalue weighted by atomic mass is 19.1. The Hall–Kier alpha value is -1.38. The quantitative estimate of drug-likeness (QED) is 0.854. The zero-order valence-electron chi connectivity index (χ0n) is 9.92. The zero-order chi connectivity index (χ0) is 12.1. The highest BCUT2D eigenvalue weighted by Crippen LogP contribution is 2.17. The molecule has 0 aliphatic heterocycles. The molecular weight excluding hydrogens is 217 g/mol. The van der Waals surface area contributed by atoms with E-state index >= 15 is 0 Å². The lowest BCUT2D eigenvalue weighted by atomic mass is 10.1. The highest BCUT2D eigenvalue weighted by Gasteiger charge is 2.16. The van der Waals surface area contributed by atoms with Gasteiger partial charge in [0.2, 0.25) is 5.91 Å². The topological polar surface area (TPSA) is 29.1 Å². The van der Waals surface area contributed by atoms with Crippen molar-refractivity contribution in [2.24, 2.45) is 0 Å². The standard InChI is InChI=1S/C14H18FNO/c15-12-8-5-11(6-9-12)7-10-14(17)16-13-3-1-2-4-13/h5-6,8-9,13H,1-4,7,10H2,(H,16,17). The van der Waals surface area contributed by atoms with Gasteiger partial charge in [-0.1, -0.05) is 25.0 Å². The SMILES string of the molecule is O=C(CCc1ccc(F)cc1)NC1CCCC1. The van der Waals surface area contributed by atoms with Crippen molar-refractivity contribution in [3.8, 4) is 0 Å². The van der Waals surface area contributed by atoms with Crippen molar-refractivity contribution in [2.75, 3.05) is 0 Å². The number of hydrogen-bond donors (Lipinski definition) is 1. The third kappa shape index (κ3) is 3.84. The van der Waals surface area contributed by atoms with Crippen LogP contribution in [0.2, 0.25) is 0 Å². The summed E-state index contributed by atoms with van der Waals surface area (Å²) in [6.07, 6.45) is 5.84. The van der Waals surface area contributed by atoms with Crippen LogP contribution in [0.4, 0.5) is 4.39 Å². The molecule has 17 heavy (non-hydrogen) atoms. The fraction of sp³-hybridized carbons (Fsp3) is 0.500. The first-order valence-electron chi connectivity index (χ1n) is 6.28. The molecule has 0 saturated heterocycles. The van der Waals surface area contributed by atoms with Gasteiger partial charge in [-0.05, 0) is 37.0 Å². The molecule has 1 aliphatic rings. The maximum atomic E-state index is 12.7. The van der Waals surface area contributed by atoms with Gasteiger partial charge < -0.3 is 5.32 Å². The minimum atomic E-state index is -0.232. The van der Waals surface area contributed by atoms with Crippen LogP contribution >= 0.6 is 0 Å². The van der Waals surface area contributed by atoms with Gasteiger partial charge in [-0.15, -0.1) is 0 Å². The summed E-state index contributed by atoms with van der Waals surface area (Å²) in [6.45, 7) is 0. The van der Waals surface area contributed by atoms with Gasteiger partial charge in [-0.2, -0.15) is 0 Å². The molecule has 1 aliphatic carbocycles. The summed E-state index contributed by atoms with van der Waals surface area (Å²) in [6, 6.07) is 6.72. The lowest BCUT2D eigenvalue weighted by Crippen LogP contribution is -2.32. The van der Waals surface area contributed by atoms with Crippen LogP contribution in [0.3, 0.4) is 0 Å². The van der Waals surface area contributed by atoms with E-state index < -0.39 is 0 Å². The Labute approximate surface area is 101 Å². The van der Waals surface area contributed by atoms with E-state index in [9.17, 15) is 9.18 Å². The summed E-state index contributed by atoms with van der Waals surface area (Å²) < 4.78 is 12.7. The molecule has 0 unspecified atom stereocenters. The van der Waals surface area contributed by atoms with Crippen LogP contribution in [-0.4, -0.2) is 11.9 Å². The first-order chi connectivity index (χ1) is 8.24. The number of benzene rings is 1. The average molecular weight is 235 g/mol. The average Bonchev–Trinajstić information content (AvgIpc) is 2.81. The Balaban J connectivity index is 1.73.